The second kappa shape index (κ2) is 9.98. The van der Waals surface area contributed by atoms with Gasteiger partial charge in [-0.05, 0) is 54.6 Å². The molecule has 0 unspecified atom stereocenters. The lowest BCUT2D eigenvalue weighted by Gasteiger charge is -2.18. The molecule has 164 valence electrons. The minimum absolute atomic E-state index is 0.697. The first kappa shape index (κ1) is 22.1. The number of anilines is 2. The predicted octanol–water partition coefficient (Wildman–Crippen LogP) is 5.59. The summed E-state index contributed by atoms with van der Waals surface area (Å²) in [5.74, 6) is 0. The van der Waals surface area contributed by atoms with Crippen molar-refractivity contribution >= 4 is 33.9 Å². The number of nitrogens with one attached hydrogen (secondary N) is 1. The molecule has 0 bridgehead atoms. The number of benzene rings is 2. The van der Waals surface area contributed by atoms with Crippen LogP contribution in [0.15, 0.2) is 73.1 Å². The number of fused-ring (bicyclic) bond motifs is 1. The number of halogens is 1. The number of aromatic nitrogens is 2. The average Bonchev–Trinajstić information content (AvgIpc) is 2.78. The van der Waals surface area contributed by atoms with E-state index < -0.39 is 0 Å². The molecule has 1 N–H and O–H groups in total. The maximum atomic E-state index is 6.10. The van der Waals surface area contributed by atoms with Gasteiger partial charge in [0.2, 0.25) is 0 Å². The third kappa shape index (κ3) is 5.55. The largest absolute Gasteiger partial charge is 0.380 e. The van der Waals surface area contributed by atoms with E-state index in [1.807, 2.05) is 50.8 Å². The first-order valence-electron chi connectivity index (χ1n) is 10.6. The van der Waals surface area contributed by atoms with Crippen LogP contribution in [0.5, 0.6) is 0 Å². The molecule has 4 aromatic rings. The molecule has 2 aromatic heterocycles. The lowest BCUT2D eigenvalue weighted by molar-refractivity contribution is 0.315. The van der Waals surface area contributed by atoms with E-state index in [1.54, 1.807) is 0 Å². The topological polar surface area (TPSA) is 44.3 Å². The highest BCUT2D eigenvalue weighted by Crippen LogP contribution is 2.25. The Morgan fingerprint density at radius 3 is 2.50 bits per heavy atom. The standard InChI is InChI=1S/C26H28ClN5/c1-31(2)23-9-8-22(29-16-23)18-32(3)17-20-6-4-5-19(13-20)15-30-25-11-12-28-26-14-21(27)7-10-24(25)26/h4-14,16H,15,17-18H2,1-3H3,(H,28,30). The summed E-state index contributed by atoms with van der Waals surface area (Å²) >= 11 is 6.10. The van der Waals surface area contributed by atoms with Crippen molar-refractivity contribution < 1.29 is 0 Å². The van der Waals surface area contributed by atoms with Crippen LogP contribution in [0.25, 0.3) is 10.9 Å². The molecule has 0 aliphatic rings. The van der Waals surface area contributed by atoms with Gasteiger partial charge in [-0.25, -0.2) is 0 Å². The second-order valence-corrected chi connectivity index (χ2v) is 8.70. The zero-order chi connectivity index (χ0) is 22.5. The fraction of sp³-hybridized carbons (Fsp3) is 0.231. The summed E-state index contributed by atoms with van der Waals surface area (Å²) in [6.45, 7) is 2.41. The summed E-state index contributed by atoms with van der Waals surface area (Å²) in [7, 11) is 6.18. The molecule has 0 radical (unpaired) electrons. The number of nitrogens with zero attached hydrogens (tertiary/aromatic N) is 4. The minimum atomic E-state index is 0.697. The van der Waals surface area contributed by atoms with Crippen LogP contribution in [-0.2, 0) is 19.6 Å². The van der Waals surface area contributed by atoms with Crippen molar-refractivity contribution in [1.29, 1.82) is 0 Å². The minimum Gasteiger partial charge on any atom is -0.380 e. The summed E-state index contributed by atoms with van der Waals surface area (Å²) in [5, 5.41) is 5.31. The normalized spacial score (nSPS) is 11.2. The maximum absolute atomic E-state index is 6.10. The predicted molar refractivity (Wildman–Crippen MR) is 134 cm³/mol. The fourth-order valence-corrected chi connectivity index (χ4v) is 3.90. The highest BCUT2D eigenvalue weighted by molar-refractivity contribution is 6.31. The molecule has 0 saturated heterocycles. The molecular weight excluding hydrogens is 418 g/mol. The maximum Gasteiger partial charge on any atom is 0.0737 e. The summed E-state index contributed by atoms with van der Waals surface area (Å²) in [6.07, 6.45) is 3.73. The molecule has 6 heteroatoms. The van der Waals surface area contributed by atoms with Gasteiger partial charge >= 0.3 is 0 Å². The van der Waals surface area contributed by atoms with Gasteiger partial charge in [0.1, 0.15) is 0 Å². The second-order valence-electron chi connectivity index (χ2n) is 8.27. The van der Waals surface area contributed by atoms with Crippen LogP contribution in [0.4, 0.5) is 11.4 Å². The van der Waals surface area contributed by atoms with Crippen molar-refractivity contribution in [2.75, 3.05) is 31.4 Å². The van der Waals surface area contributed by atoms with Crippen LogP contribution in [0.2, 0.25) is 5.02 Å². The zero-order valence-corrected chi connectivity index (χ0v) is 19.5. The lowest BCUT2D eigenvalue weighted by atomic mass is 10.1. The van der Waals surface area contributed by atoms with Crippen LogP contribution in [-0.4, -0.2) is 36.0 Å². The van der Waals surface area contributed by atoms with Crippen molar-refractivity contribution in [3.05, 3.63) is 94.9 Å². The number of rotatable bonds is 8. The van der Waals surface area contributed by atoms with Crippen LogP contribution >= 0.6 is 11.6 Å². The van der Waals surface area contributed by atoms with E-state index in [0.717, 1.165) is 47.6 Å². The quantitative estimate of drug-likeness (QED) is 0.382. The van der Waals surface area contributed by atoms with E-state index in [-0.39, 0.29) is 0 Å². The molecule has 0 amide bonds. The van der Waals surface area contributed by atoms with Crippen molar-refractivity contribution in [2.24, 2.45) is 0 Å². The first-order chi connectivity index (χ1) is 15.5. The van der Waals surface area contributed by atoms with Crippen LogP contribution in [0.3, 0.4) is 0 Å². The van der Waals surface area contributed by atoms with Gasteiger partial charge in [-0.1, -0.05) is 35.9 Å². The Bertz CT molecular complexity index is 1190. The number of hydrogen-bond donors (Lipinski definition) is 1. The number of hydrogen-bond acceptors (Lipinski definition) is 5. The third-order valence-corrected chi connectivity index (χ3v) is 5.62. The summed E-state index contributed by atoms with van der Waals surface area (Å²) in [6, 6.07) is 20.7. The average molecular weight is 446 g/mol. The van der Waals surface area contributed by atoms with E-state index >= 15 is 0 Å². The fourth-order valence-electron chi connectivity index (χ4n) is 3.73. The van der Waals surface area contributed by atoms with Gasteiger partial charge in [-0.15, -0.1) is 0 Å². The van der Waals surface area contributed by atoms with Crippen LogP contribution in [0.1, 0.15) is 16.8 Å². The van der Waals surface area contributed by atoms with E-state index in [9.17, 15) is 0 Å². The Hall–Kier alpha value is -3.15. The Morgan fingerprint density at radius 1 is 0.875 bits per heavy atom. The lowest BCUT2D eigenvalue weighted by Crippen LogP contribution is -2.18. The van der Waals surface area contributed by atoms with E-state index in [4.69, 9.17) is 11.6 Å². The van der Waals surface area contributed by atoms with Gasteiger partial charge in [-0.3, -0.25) is 14.9 Å². The van der Waals surface area contributed by atoms with E-state index in [1.165, 1.54) is 11.1 Å². The molecule has 2 heterocycles. The summed E-state index contributed by atoms with van der Waals surface area (Å²) in [4.78, 5) is 13.3. The van der Waals surface area contributed by atoms with Crippen molar-refractivity contribution in [1.82, 2.24) is 14.9 Å². The van der Waals surface area contributed by atoms with Gasteiger partial charge in [0, 0.05) is 56.0 Å². The Morgan fingerprint density at radius 2 is 1.72 bits per heavy atom. The highest BCUT2D eigenvalue weighted by atomic mass is 35.5. The Kier molecular flexibility index (Phi) is 6.88. The van der Waals surface area contributed by atoms with Gasteiger partial charge in [0.05, 0.1) is 23.1 Å². The zero-order valence-electron chi connectivity index (χ0n) is 18.7. The Labute approximate surface area is 194 Å². The number of pyridine rings is 2. The van der Waals surface area contributed by atoms with Crippen LogP contribution < -0.4 is 10.2 Å². The Balaban J connectivity index is 1.38. The molecule has 0 fully saturated rings. The molecule has 32 heavy (non-hydrogen) atoms. The third-order valence-electron chi connectivity index (χ3n) is 5.39. The van der Waals surface area contributed by atoms with Crippen LogP contribution in [0, 0.1) is 0 Å². The van der Waals surface area contributed by atoms with Gasteiger partial charge in [0.25, 0.3) is 0 Å². The highest BCUT2D eigenvalue weighted by Gasteiger charge is 2.06. The first-order valence-corrected chi connectivity index (χ1v) is 11.0. The van der Waals surface area contributed by atoms with Crippen molar-refractivity contribution in [2.45, 2.75) is 19.6 Å². The van der Waals surface area contributed by atoms with Gasteiger partial charge < -0.3 is 10.2 Å². The molecule has 4 rings (SSSR count). The molecule has 0 aliphatic carbocycles. The van der Waals surface area contributed by atoms with E-state index in [0.29, 0.717) is 5.02 Å². The molecule has 0 aliphatic heterocycles. The summed E-state index contributed by atoms with van der Waals surface area (Å²) < 4.78 is 0. The molecule has 5 nitrogen and oxygen atoms in total. The summed E-state index contributed by atoms with van der Waals surface area (Å²) in [5.41, 5.74) is 6.65. The van der Waals surface area contributed by atoms with Crippen molar-refractivity contribution in [3.63, 3.8) is 0 Å². The van der Waals surface area contributed by atoms with Gasteiger partial charge in [-0.2, -0.15) is 0 Å². The molecule has 0 spiro atoms. The smallest absolute Gasteiger partial charge is 0.0737 e. The van der Waals surface area contributed by atoms with Gasteiger partial charge in [0.15, 0.2) is 0 Å². The molecular formula is C26H28ClN5. The monoisotopic (exact) mass is 445 g/mol. The SMILES string of the molecule is CN(Cc1cccc(CNc2ccnc3cc(Cl)ccc23)c1)Cc1ccc(N(C)C)cn1. The van der Waals surface area contributed by atoms with Crippen molar-refractivity contribution in [3.8, 4) is 0 Å². The molecule has 2 aromatic carbocycles. The molecule has 0 saturated carbocycles. The van der Waals surface area contributed by atoms with E-state index in [2.05, 4.69) is 68.5 Å². The molecule has 0 atom stereocenters.